The van der Waals surface area contributed by atoms with Crippen molar-refractivity contribution in [3.8, 4) is 0 Å². The summed E-state index contributed by atoms with van der Waals surface area (Å²) in [4.78, 5) is 32.2. The summed E-state index contributed by atoms with van der Waals surface area (Å²) in [5.74, 6) is -0.620. The van der Waals surface area contributed by atoms with Gasteiger partial charge in [-0.25, -0.2) is 0 Å². The Bertz CT molecular complexity index is 848. The van der Waals surface area contributed by atoms with Gasteiger partial charge in [-0.1, -0.05) is 23.9 Å². The van der Waals surface area contributed by atoms with Gasteiger partial charge in [0.2, 0.25) is 0 Å². The molecule has 0 radical (unpaired) electrons. The van der Waals surface area contributed by atoms with Crippen LogP contribution in [0.1, 0.15) is 27.7 Å². The number of rotatable bonds is 4. The molecule has 1 saturated heterocycles. The van der Waals surface area contributed by atoms with Crippen molar-refractivity contribution in [3.63, 3.8) is 0 Å². The maximum atomic E-state index is 12.9. The first-order chi connectivity index (χ1) is 12.9. The number of likely N-dealkylation sites (N-methyl/N-ethyl adjacent to an activating group) is 2. The summed E-state index contributed by atoms with van der Waals surface area (Å²) in [6.45, 7) is 9.33. The highest BCUT2D eigenvalue weighted by Gasteiger charge is 2.39. The minimum absolute atomic E-state index is 0.201. The van der Waals surface area contributed by atoms with Gasteiger partial charge in [0.15, 0.2) is 5.11 Å². The minimum Gasteiger partial charge on any atom is -0.335 e. The Kier molecular flexibility index (Phi) is 5.72. The second kappa shape index (κ2) is 7.86. The number of anilines is 1. The van der Waals surface area contributed by atoms with Crippen molar-refractivity contribution >= 4 is 46.6 Å². The molecule has 0 aliphatic carbocycles. The minimum atomic E-state index is -0.310. The molecule has 2 aliphatic heterocycles. The first-order valence-corrected chi connectivity index (χ1v) is 10.3. The number of hydrogen-bond acceptors (Lipinski definition) is 5. The number of carbonyl (C=O) groups is 2. The topological polar surface area (TPSA) is 43.9 Å². The lowest BCUT2D eigenvalue weighted by Gasteiger charge is -2.36. The molecule has 7 heteroatoms. The molecule has 0 spiro atoms. The molecule has 1 aromatic rings. The van der Waals surface area contributed by atoms with Gasteiger partial charge in [0.05, 0.1) is 10.7 Å². The first kappa shape index (κ1) is 19.6. The summed E-state index contributed by atoms with van der Waals surface area (Å²) in [5, 5.41) is 1.31. The van der Waals surface area contributed by atoms with Gasteiger partial charge >= 0.3 is 0 Å². The summed E-state index contributed by atoms with van der Waals surface area (Å²) >= 11 is 6.98. The fraction of sp³-hybridized carbons (Fsp3) is 0.350. The van der Waals surface area contributed by atoms with Gasteiger partial charge < -0.3 is 4.90 Å². The number of hydrogen-bond donors (Lipinski definition) is 0. The quantitative estimate of drug-likeness (QED) is 0.437. The van der Waals surface area contributed by atoms with Crippen molar-refractivity contribution < 1.29 is 9.59 Å². The molecule has 142 valence electrons. The van der Waals surface area contributed by atoms with E-state index in [1.54, 1.807) is 11.8 Å². The van der Waals surface area contributed by atoms with Crippen LogP contribution < -0.4 is 4.90 Å². The maximum absolute atomic E-state index is 12.9. The predicted octanol–water partition coefficient (Wildman–Crippen LogP) is 3.77. The molecule has 1 fully saturated rings. The van der Waals surface area contributed by atoms with E-state index in [1.165, 1.54) is 14.7 Å². The van der Waals surface area contributed by atoms with E-state index >= 15 is 0 Å². The summed E-state index contributed by atoms with van der Waals surface area (Å²) in [5.41, 5.74) is 2.02. The molecule has 0 bridgehead atoms. The van der Waals surface area contributed by atoms with Crippen LogP contribution in [-0.2, 0) is 9.59 Å². The van der Waals surface area contributed by atoms with Crippen LogP contribution in [0.4, 0.5) is 5.69 Å². The Morgan fingerprint density at radius 3 is 2.11 bits per heavy atom. The van der Waals surface area contributed by atoms with Crippen LogP contribution in [0.2, 0.25) is 0 Å². The van der Waals surface area contributed by atoms with E-state index in [0.717, 1.165) is 17.3 Å². The Labute approximate surface area is 169 Å². The van der Waals surface area contributed by atoms with Crippen molar-refractivity contribution in [1.82, 2.24) is 9.80 Å². The number of para-hydroxylation sites is 1. The number of thiocarbonyl (C=S) groups is 1. The summed E-state index contributed by atoms with van der Waals surface area (Å²) in [6.07, 6.45) is 1.94. The van der Waals surface area contributed by atoms with E-state index in [4.69, 9.17) is 12.2 Å². The maximum Gasteiger partial charge on any atom is 0.265 e. The molecule has 0 N–H and O–H groups in total. The molecule has 3 rings (SSSR count). The molecule has 0 saturated carbocycles. The highest BCUT2D eigenvalue weighted by molar-refractivity contribution is 8.03. The van der Waals surface area contributed by atoms with E-state index in [0.29, 0.717) is 18.7 Å². The second-order valence-electron chi connectivity index (χ2n) is 6.24. The Morgan fingerprint density at radius 1 is 1.00 bits per heavy atom. The number of thioether (sulfide) groups is 1. The zero-order valence-electron chi connectivity index (χ0n) is 16.0. The number of benzene rings is 1. The standard InChI is InChI=1S/C20H23N3O2S2/c1-5-21-14-10-8-9-11-15(14)27-16(21)12-13(4)17-18(24)22(6-2)20(26)23(7-3)19(17)25/h8-12H,5-7H2,1-4H3/b16-12+. The normalized spacial score (nSPS) is 18.7. The van der Waals surface area contributed by atoms with E-state index in [1.807, 2.05) is 39.0 Å². The van der Waals surface area contributed by atoms with Crippen LogP contribution >= 0.6 is 24.0 Å². The van der Waals surface area contributed by atoms with Crippen LogP contribution in [0.15, 0.2) is 51.4 Å². The van der Waals surface area contributed by atoms with Crippen molar-refractivity contribution in [2.45, 2.75) is 32.6 Å². The molecule has 5 nitrogen and oxygen atoms in total. The Balaban J connectivity index is 2.04. The van der Waals surface area contributed by atoms with Crippen LogP contribution in [0.5, 0.6) is 0 Å². The lowest BCUT2D eigenvalue weighted by molar-refractivity contribution is -0.133. The average molecular weight is 402 g/mol. The van der Waals surface area contributed by atoms with Gasteiger partial charge in [-0.3, -0.25) is 19.4 Å². The van der Waals surface area contributed by atoms with Gasteiger partial charge in [0.1, 0.15) is 5.57 Å². The van der Waals surface area contributed by atoms with E-state index in [-0.39, 0.29) is 22.5 Å². The Hall–Kier alpha value is -2.12. The lowest BCUT2D eigenvalue weighted by atomic mass is 10.0. The second-order valence-corrected chi connectivity index (χ2v) is 7.66. The predicted molar refractivity (Wildman–Crippen MR) is 113 cm³/mol. The van der Waals surface area contributed by atoms with E-state index in [2.05, 4.69) is 24.0 Å². The van der Waals surface area contributed by atoms with Crippen molar-refractivity contribution in [2.24, 2.45) is 0 Å². The van der Waals surface area contributed by atoms with Crippen molar-refractivity contribution in [3.05, 3.63) is 46.5 Å². The first-order valence-electron chi connectivity index (χ1n) is 9.09. The molecular weight excluding hydrogens is 378 g/mol. The zero-order chi connectivity index (χ0) is 19.7. The van der Waals surface area contributed by atoms with Crippen molar-refractivity contribution in [2.75, 3.05) is 24.5 Å². The number of nitrogens with zero attached hydrogens (tertiary/aromatic N) is 3. The van der Waals surface area contributed by atoms with Crippen LogP contribution in [0.25, 0.3) is 0 Å². The number of fused-ring (bicyclic) bond motifs is 1. The third-order valence-electron chi connectivity index (χ3n) is 4.70. The SMILES string of the molecule is CCN1C(=O)C(=C(C)/C=C2/Sc3ccccc3N2CC)C(=O)N(CC)C1=S. The fourth-order valence-corrected chi connectivity index (χ4v) is 4.97. The molecule has 1 aromatic carbocycles. The zero-order valence-corrected chi connectivity index (χ0v) is 17.6. The molecule has 27 heavy (non-hydrogen) atoms. The van der Waals surface area contributed by atoms with Crippen molar-refractivity contribution in [1.29, 1.82) is 0 Å². The van der Waals surface area contributed by atoms with Crippen LogP contribution in [0, 0.1) is 0 Å². The van der Waals surface area contributed by atoms with E-state index in [9.17, 15) is 9.59 Å². The van der Waals surface area contributed by atoms with Crippen LogP contribution in [-0.4, -0.2) is 46.4 Å². The third-order valence-corrected chi connectivity index (χ3v) is 6.25. The monoisotopic (exact) mass is 401 g/mol. The number of carbonyl (C=O) groups excluding carboxylic acids is 2. The smallest absolute Gasteiger partial charge is 0.265 e. The molecule has 2 amide bonds. The largest absolute Gasteiger partial charge is 0.335 e. The molecule has 2 heterocycles. The van der Waals surface area contributed by atoms with Gasteiger partial charge in [-0.15, -0.1) is 0 Å². The number of amides is 2. The summed E-state index contributed by atoms with van der Waals surface area (Å²) < 4.78 is 0. The molecular formula is C20H23N3O2S2. The van der Waals surface area contributed by atoms with Gasteiger partial charge in [-0.05, 0) is 63.7 Å². The van der Waals surface area contributed by atoms with Crippen LogP contribution in [0.3, 0.4) is 0 Å². The van der Waals surface area contributed by atoms with Gasteiger partial charge in [0.25, 0.3) is 11.8 Å². The Morgan fingerprint density at radius 2 is 1.56 bits per heavy atom. The van der Waals surface area contributed by atoms with Gasteiger partial charge in [0, 0.05) is 24.5 Å². The molecule has 0 unspecified atom stereocenters. The lowest BCUT2D eigenvalue weighted by Crippen LogP contribution is -2.56. The number of allylic oxidation sites excluding steroid dienone is 2. The fourth-order valence-electron chi connectivity index (χ4n) is 3.32. The highest BCUT2D eigenvalue weighted by Crippen LogP contribution is 2.46. The third kappa shape index (κ3) is 3.30. The highest BCUT2D eigenvalue weighted by atomic mass is 32.2. The summed E-state index contributed by atoms with van der Waals surface area (Å²) in [6, 6.07) is 8.20. The molecule has 0 atom stereocenters. The molecule has 0 aromatic heterocycles. The average Bonchev–Trinajstić information content (AvgIpc) is 2.99. The van der Waals surface area contributed by atoms with E-state index < -0.39 is 0 Å². The molecule has 2 aliphatic rings. The summed E-state index contributed by atoms with van der Waals surface area (Å²) in [7, 11) is 0. The van der Waals surface area contributed by atoms with Gasteiger partial charge in [-0.2, -0.15) is 0 Å².